The number of nitrogens with zero attached hydrogens (tertiary/aromatic N) is 1. The maximum absolute atomic E-state index is 13.8. The highest BCUT2D eigenvalue weighted by Gasteiger charge is 2.39. The van der Waals surface area contributed by atoms with E-state index < -0.39 is 33.6 Å². The number of sulfone groups is 1. The molecule has 0 bridgehead atoms. The van der Waals surface area contributed by atoms with Crippen LogP contribution in [0.1, 0.15) is 89.8 Å². The van der Waals surface area contributed by atoms with Gasteiger partial charge in [-0.3, -0.25) is 4.79 Å². The Kier molecular flexibility index (Phi) is 8.23. The topological polar surface area (TPSA) is 101 Å². The van der Waals surface area contributed by atoms with E-state index in [2.05, 4.69) is 13.8 Å². The highest BCUT2D eigenvalue weighted by Crippen LogP contribution is 2.38. The maximum atomic E-state index is 13.8. The van der Waals surface area contributed by atoms with Gasteiger partial charge in [0.1, 0.15) is 11.9 Å². The minimum absolute atomic E-state index is 0.0166. The lowest BCUT2D eigenvalue weighted by atomic mass is 9.89. The van der Waals surface area contributed by atoms with Crippen molar-refractivity contribution in [3.8, 4) is 0 Å². The minimum atomic E-state index is -3.97. The third-order valence-electron chi connectivity index (χ3n) is 4.86. The summed E-state index contributed by atoms with van der Waals surface area (Å²) in [5, 5.41) is 9.70. The maximum Gasteiger partial charge on any atom is 0.234 e. The summed E-state index contributed by atoms with van der Waals surface area (Å²) >= 11 is 0. The molecule has 0 aliphatic carbocycles. The van der Waals surface area contributed by atoms with Crippen LogP contribution in [0, 0.1) is 5.92 Å². The Balaban J connectivity index is 3.85. The molecular weight excluding hydrogens is 376 g/mol. The van der Waals surface area contributed by atoms with Crippen molar-refractivity contribution in [3.05, 3.63) is 28.8 Å². The van der Waals surface area contributed by atoms with E-state index in [0.29, 0.717) is 5.06 Å². The predicted octanol–water partition coefficient (Wildman–Crippen LogP) is 3.99. The largest absolute Gasteiger partial charge is 0.368 e. The first-order chi connectivity index (χ1) is 12.7. The van der Waals surface area contributed by atoms with Crippen LogP contribution in [-0.4, -0.2) is 36.5 Å². The molecule has 0 radical (unpaired) electrons. The van der Waals surface area contributed by atoms with Crippen LogP contribution in [0.2, 0.25) is 0 Å². The number of benzene rings is 1. The van der Waals surface area contributed by atoms with Gasteiger partial charge in [-0.1, -0.05) is 67.5 Å². The number of carbonyl (C=O) groups is 1. The zero-order valence-electron chi connectivity index (χ0n) is 18.4. The van der Waals surface area contributed by atoms with Gasteiger partial charge in [0, 0.05) is 0 Å². The van der Waals surface area contributed by atoms with Crippen molar-refractivity contribution in [3.63, 3.8) is 0 Å². The van der Waals surface area contributed by atoms with E-state index in [4.69, 9.17) is 5.73 Å². The monoisotopic (exact) mass is 412 g/mol. The lowest BCUT2D eigenvalue weighted by Gasteiger charge is -2.31. The fourth-order valence-electron chi connectivity index (χ4n) is 3.45. The molecule has 1 rings (SSSR count). The third-order valence-corrected chi connectivity index (χ3v) is 7.33. The molecular formula is C21H36N2O4S. The Morgan fingerprint density at radius 1 is 0.964 bits per heavy atom. The van der Waals surface area contributed by atoms with Crippen LogP contribution in [0.15, 0.2) is 17.0 Å². The number of nitrogens with two attached hydrogens (primary N) is 1. The zero-order valence-corrected chi connectivity index (χ0v) is 19.2. The van der Waals surface area contributed by atoms with Gasteiger partial charge in [0.2, 0.25) is 5.91 Å². The Labute approximate surface area is 170 Å². The highest BCUT2D eigenvalue weighted by atomic mass is 32.2. The zero-order chi connectivity index (χ0) is 22.0. The fourth-order valence-corrected chi connectivity index (χ4v) is 6.05. The first-order valence-corrected chi connectivity index (χ1v) is 11.4. The standard InChI is InChI=1S/C21H36N2O4S/c1-12(2)16-9-17(13(3)4)20(18(10-16)14(5)6)28(26,27)21(15(7)8)23(25)11-19(22)24/h9-10,12-15,21,25H,11H2,1-8H3,(H2,22,24). The van der Waals surface area contributed by atoms with Crippen molar-refractivity contribution in [1.82, 2.24) is 5.06 Å². The minimum Gasteiger partial charge on any atom is -0.368 e. The van der Waals surface area contributed by atoms with Crippen molar-refractivity contribution in [2.45, 2.75) is 83.4 Å². The molecule has 0 fully saturated rings. The molecule has 1 unspecified atom stereocenters. The molecule has 3 N–H and O–H groups in total. The lowest BCUT2D eigenvalue weighted by Crippen LogP contribution is -2.46. The summed E-state index contributed by atoms with van der Waals surface area (Å²) in [7, 11) is -3.97. The van der Waals surface area contributed by atoms with E-state index in [1.807, 2.05) is 39.8 Å². The van der Waals surface area contributed by atoms with E-state index in [1.54, 1.807) is 13.8 Å². The third kappa shape index (κ3) is 5.33. The Hall–Kier alpha value is -1.44. The number of primary amides is 1. The van der Waals surface area contributed by atoms with E-state index >= 15 is 0 Å². The van der Waals surface area contributed by atoms with Gasteiger partial charge in [0.25, 0.3) is 0 Å². The molecule has 7 heteroatoms. The Bertz CT molecular complexity index is 770. The molecule has 0 aromatic heterocycles. The Morgan fingerprint density at radius 3 is 1.68 bits per heavy atom. The lowest BCUT2D eigenvalue weighted by molar-refractivity contribution is -0.141. The van der Waals surface area contributed by atoms with Gasteiger partial charge < -0.3 is 10.9 Å². The predicted molar refractivity (Wildman–Crippen MR) is 112 cm³/mol. The molecule has 0 heterocycles. The van der Waals surface area contributed by atoms with Crippen LogP contribution in [0.5, 0.6) is 0 Å². The molecule has 1 aromatic rings. The van der Waals surface area contributed by atoms with Crippen LogP contribution in [0.4, 0.5) is 0 Å². The van der Waals surface area contributed by atoms with Crippen molar-refractivity contribution < 1.29 is 18.4 Å². The number of hydrogen-bond donors (Lipinski definition) is 2. The summed E-state index contributed by atoms with van der Waals surface area (Å²) in [6, 6.07) is 3.92. The number of amides is 1. The SMILES string of the molecule is CC(C)c1cc(C(C)C)c(S(=O)(=O)C(C(C)C)N(O)CC(N)=O)c(C(C)C)c1. The summed E-state index contributed by atoms with van der Waals surface area (Å²) in [4.78, 5) is 11.6. The second-order valence-electron chi connectivity index (χ2n) is 8.74. The van der Waals surface area contributed by atoms with Gasteiger partial charge in [-0.15, -0.1) is 0 Å². The van der Waals surface area contributed by atoms with Crippen molar-refractivity contribution in [2.75, 3.05) is 6.54 Å². The molecule has 28 heavy (non-hydrogen) atoms. The van der Waals surface area contributed by atoms with Crippen molar-refractivity contribution >= 4 is 15.7 Å². The fraction of sp³-hybridized carbons (Fsp3) is 0.667. The highest BCUT2D eigenvalue weighted by molar-refractivity contribution is 7.92. The molecule has 1 atom stereocenters. The Morgan fingerprint density at radius 2 is 1.39 bits per heavy atom. The summed E-state index contributed by atoms with van der Waals surface area (Å²) < 4.78 is 27.5. The number of rotatable bonds is 9. The first-order valence-electron chi connectivity index (χ1n) is 9.87. The molecule has 0 spiro atoms. The van der Waals surface area contributed by atoms with Crippen LogP contribution >= 0.6 is 0 Å². The molecule has 1 amide bonds. The smallest absolute Gasteiger partial charge is 0.234 e. The normalized spacial score (nSPS) is 13.9. The van der Waals surface area contributed by atoms with Gasteiger partial charge in [-0.25, -0.2) is 8.42 Å². The van der Waals surface area contributed by atoms with E-state index in [1.165, 1.54) is 0 Å². The number of hydrogen-bond acceptors (Lipinski definition) is 5. The first kappa shape index (κ1) is 24.6. The molecule has 160 valence electrons. The van der Waals surface area contributed by atoms with Gasteiger partial charge in [-0.2, -0.15) is 5.06 Å². The van der Waals surface area contributed by atoms with E-state index in [0.717, 1.165) is 16.7 Å². The van der Waals surface area contributed by atoms with Crippen LogP contribution < -0.4 is 5.73 Å². The van der Waals surface area contributed by atoms with Gasteiger partial charge in [0.15, 0.2) is 9.84 Å². The molecule has 6 nitrogen and oxygen atoms in total. The second kappa shape index (κ2) is 9.37. The van der Waals surface area contributed by atoms with Crippen molar-refractivity contribution in [2.24, 2.45) is 11.7 Å². The van der Waals surface area contributed by atoms with Gasteiger partial charge in [-0.05, 0) is 40.4 Å². The van der Waals surface area contributed by atoms with Crippen LogP contribution in [0.25, 0.3) is 0 Å². The summed E-state index contributed by atoms with van der Waals surface area (Å²) in [5.74, 6) is -1.00. The number of hydroxylamine groups is 2. The van der Waals surface area contributed by atoms with Gasteiger partial charge in [0.05, 0.1) is 4.90 Å². The molecule has 0 aliphatic heterocycles. The molecule has 0 saturated carbocycles. The van der Waals surface area contributed by atoms with E-state index in [9.17, 15) is 18.4 Å². The molecule has 0 aliphatic rings. The summed E-state index contributed by atoms with van der Waals surface area (Å²) in [6.07, 6.45) is 0. The van der Waals surface area contributed by atoms with Crippen LogP contribution in [-0.2, 0) is 14.6 Å². The summed E-state index contributed by atoms with van der Waals surface area (Å²) in [5.41, 5.74) is 7.76. The quantitative estimate of drug-likeness (QED) is 0.597. The molecule has 0 saturated heterocycles. The average Bonchev–Trinajstić information content (AvgIpc) is 2.51. The van der Waals surface area contributed by atoms with E-state index in [-0.39, 0.29) is 22.6 Å². The number of carbonyl (C=O) groups excluding carboxylic acids is 1. The van der Waals surface area contributed by atoms with Gasteiger partial charge >= 0.3 is 0 Å². The summed E-state index contributed by atoms with van der Waals surface area (Å²) in [6.45, 7) is 14.9. The average molecular weight is 413 g/mol. The van der Waals surface area contributed by atoms with Crippen molar-refractivity contribution in [1.29, 1.82) is 0 Å². The molecule has 1 aromatic carbocycles. The van der Waals surface area contributed by atoms with Crippen LogP contribution in [0.3, 0.4) is 0 Å². The second-order valence-corrected chi connectivity index (χ2v) is 10.7.